The number of nitrogens with zero attached hydrogens (tertiary/aromatic N) is 2. The minimum absolute atomic E-state index is 0.00483. The summed E-state index contributed by atoms with van der Waals surface area (Å²) in [7, 11) is 0. The first-order chi connectivity index (χ1) is 24.2. The van der Waals surface area contributed by atoms with Gasteiger partial charge in [0.25, 0.3) is 6.71 Å². The van der Waals surface area contributed by atoms with Crippen molar-refractivity contribution in [1.82, 2.24) is 0 Å². The van der Waals surface area contributed by atoms with Crippen LogP contribution in [0.5, 0.6) is 11.5 Å². The van der Waals surface area contributed by atoms with E-state index in [9.17, 15) is 0 Å². The molecule has 10 rings (SSSR count). The van der Waals surface area contributed by atoms with Crippen LogP contribution in [0.25, 0.3) is 0 Å². The van der Waals surface area contributed by atoms with Crippen molar-refractivity contribution < 1.29 is 9.47 Å². The molecule has 51 heavy (non-hydrogen) atoms. The van der Waals surface area contributed by atoms with Crippen molar-refractivity contribution >= 4 is 57.2 Å². The smallest absolute Gasteiger partial charge is 0.252 e. The van der Waals surface area contributed by atoms with Gasteiger partial charge in [-0.3, -0.25) is 0 Å². The minimum atomic E-state index is 0.00483. The second-order valence-electron chi connectivity index (χ2n) is 18.5. The number of hydrogen-bond acceptors (Lipinski definition) is 4. The normalized spacial score (nSPS) is 18.3. The standard InChI is InChI=1S/C46H47BN2O2/c1-27-16-39-42-40(17-27)49(37-10-9-11-41-43(37)51-26-50-41)36-15-13-32(44(2,3)4)21-35(36)47(42)34-19-30-24-46(7,8)25-31(30)20-38(34)48(39)33-14-12-28-22-45(5,6)23-29(28)18-33/h9-21H,22-26H2,1-8H3. The Hall–Kier alpha value is -4.64. The van der Waals surface area contributed by atoms with Crippen molar-refractivity contribution in [3.05, 3.63) is 112 Å². The van der Waals surface area contributed by atoms with E-state index >= 15 is 0 Å². The summed E-state index contributed by atoms with van der Waals surface area (Å²) in [5, 5.41) is 0. The number of anilines is 6. The topological polar surface area (TPSA) is 24.9 Å². The molecule has 0 aromatic heterocycles. The highest BCUT2D eigenvalue weighted by Gasteiger charge is 2.46. The molecule has 5 aromatic rings. The van der Waals surface area contributed by atoms with Crippen molar-refractivity contribution in [2.45, 2.75) is 86.5 Å². The molecule has 4 nitrogen and oxygen atoms in total. The van der Waals surface area contributed by atoms with E-state index in [2.05, 4.69) is 138 Å². The Balaban J connectivity index is 1.29. The van der Waals surface area contributed by atoms with Crippen LogP contribution in [0.2, 0.25) is 0 Å². The van der Waals surface area contributed by atoms with Gasteiger partial charge in [0, 0.05) is 28.4 Å². The molecule has 5 aromatic carbocycles. The molecule has 0 radical (unpaired) electrons. The van der Waals surface area contributed by atoms with Gasteiger partial charge in [0.15, 0.2) is 11.5 Å². The van der Waals surface area contributed by atoms with Gasteiger partial charge in [0.1, 0.15) is 0 Å². The Bertz CT molecular complexity index is 2330. The summed E-state index contributed by atoms with van der Waals surface area (Å²) in [6.45, 7) is 19.2. The lowest BCUT2D eigenvalue weighted by atomic mass is 9.33. The second-order valence-corrected chi connectivity index (χ2v) is 18.5. The highest BCUT2D eigenvalue weighted by Crippen LogP contribution is 2.51. The number of fused-ring (bicyclic) bond motifs is 7. The number of ether oxygens (including phenoxy) is 2. The lowest BCUT2D eigenvalue weighted by molar-refractivity contribution is 0.174. The van der Waals surface area contributed by atoms with E-state index in [0.29, 0.717) is 0 Å². The van der Waals surface area contributed by atoms with E-state index in [1.807, 2.05) is 6.07 Å². The van der Waals surface area contributed by atoms with Gasteiger partial charge >= 0.3 is 0 Å². The largest absolute Gasteiger partial charge is 0.454 e. The number of aryl methyl sites for hydroxylation is 1. The van der Waals surface area contributed by atoms with Crippen molar-refractivity contribution in [2.75, 3.05) is 16.6 Å². The highest BCUT2D eigenvalue weighted by atomic mass is 16.7. The molecule has 2 aliphatic carbocycles. The molecule has 0 unspecified atom stereocenters. The Kier molecular flexibility index (Phi) is 6.25. The fourth-order valence-corrected chi connectivity index (χ4v) is 9.97. The Labute approximate surface area is 303 Å². The molecule has 3 heterocycles. The summed E-state index contributed by atoms with van der Waals surface area (Å²) in [5.41, 5.74) is 20.6. The summed E-state index contributed by atoms with van der Waals surface area (Å²) in [6, 6.07) is 30.8. The van der Waals surface area contributed by atoms with Crippen LogP contribution in [0.1, 0.15) is 81.8 Å². The first-order valence-electron chi connectivity index (χ1n) is 18.8. The van der Waals surface area contributed by atoms with Crippen LogP contribution in [0.15, 0.2) is 78.9 Å². The van der Waals surface area contributed by atoms with Gasteiger partial charge in [-0.15, -0.1) is 0 Å². The molecule has 0 fully saturated rings. The fraction of sp³-hybridized carbons (Fsp3) is 0.348. The summed E-state index contributed by atoms with van der Waals surface area (Å²) in [6.07, 6.45) is 4.47. The van der Waals surface area contributed by atoms with Crippen molar-refractivity contribution in [3.63, 3.8) is 0 Å². The SMILES string of the molecule is Cc1cc2c3c(c1)N(c1cccc4c1OCO4)c1ccc(C(C)(C)C)cc1B3c1cc3c(cc1N2c1ccc2c(c1)CC(C)(C)C2)CC(C)(C)C3. The number of hydrogen-bond donors (Lipinski definition) is 0. The van der Waals surface area contributed by atoms with Gasteiger partial charge in [-0.1, -0.05) is 78.8 Å². The van der Waals surface area contributed by atoms with Gasteiger partial charge in [-0.25, -0.2) is 0 Å². The maximum atomic E-state index is 6.22. The lowest BCUT2D eigenvalue weighted by Gasteiger charge is -2.45. The molecular weight excluding hydrogens is 623 g/mol. The third-order valence-electron chi connectivity index (χ3n) is 12.1. The van der Waals surface area contributed by atoms with Gasteiger partial charge in [0.05, 0.1) is 5.69 Å². The highest BCUT2D eigenvalue weighted by molar-refractivity contribution is 7.00. The summed E-state index contributed by atoms with van der Waals surface area (Å²) in [5.74, 6) is 1.61. The van der Waals surface area contributed by atoms with Gasteiger partial charge in [0.2, 0.25) is 6.79 Å². The predicted octanol–water partition coefficient (Wildman–Crippen LogP) is 9.35. The molecular formula is C46H47BN2O2. The molecule has 256 valence electrons. The molecule has 0 amide bonds. The maximum Gasteiger partial charge on any atom is 0.252 e. The summed E-state index contributed by atoms with van der Waals surface area (Å²) < 4.78 is 12.2. The average Bonchev–Trinajstić information content (AvgIpc) is 3.75. The Morgan fingerprint density at radius 3 is 2.02 bits per heavy atom. The number of para-hydroxylation sites is 1. The van der Waals surface area contributed by atoms with Crippen molar-refractivity contribution in [3.8, 4) is 11.5 Å². The number of benzene rings is 5. The monoisotopic (exact) mass is 670 g/mol. The van der Waals surface area contributed by atoms with Gasteiger partial charge < -0.3 is 19.3 Å². The molecule has 0 saturated carbocycles. The van der Waals surface area contributed by atoms with E-state index in [1.165, 1.54) is 78.2 Å². The van der Waals surface area contributed by atoms with Crippen LogP contribution < -0.4 is 35.7 Å². The van der Waals surface area contributed by atoms with E-state index in [0.717, 1.165) is 42.9 Å². The third kappa shape index (κ3) is 4.66. The predicted molar refractivity (Wildman–Crippen MR) is 212 cm³/mol. The lowest BCUT2D eigenvalue weighted by Crippen LogP contribution is -2.61. The number of rotatable bonds is 2. The quantitative estimate of drug-likeness (QED) is 0.171. The average molecular weight is 671 g/mol. The van der Waals surface area contributed by atoms with Crippen LogP contribution in [0.3, 0.4) is 0 Å². The van der Waals surface area contributed by atoms with Gasteiger partial charge in [-0.2, -0.15) is 0 Å². The Morgan fingerprint density at radius 1 is 0.608 bits per heavy atom. The zero-order valence-corrected chi connectivity index (χ0v) is 31.3. The molecule has 0 saturated heterocycles. The first kappa shape index (κ1) is 31.1. The minimum Gasteiger partial charge on any atom is -0.454 e. The van der Waals surface area contributed by atoms with E-state index in [1.54, 1.807) is 0 Å². The Morgan fingerprint density at radius 2 is 1.27 bits per heavy atom. The van der Waals surface area contributed by atoms with Crippen molar-refractivity contribution in [2.24, 2.45) is 10.8 Å². The van der Waals surface area contributed by atoms with E-state index in [4.69, 9.17) is 9.47 Å². The molecule has 0 bridgehead atoms. The van der Waals surface area contributed by atoms with E-state index in [-0.39, 0.29) is 29.8 Å². The first-order valence-corrected chi connectivity index (χ1v) is 18.8. The van der Waals surface area contributed by atoms with Crippen molar-refractivity contribution in [1.29, 1.82) is 0 Å². The molecule has 3 aliphatic heterocycles. The van der Waals surface area contributed by atoms with Crippen LogP contribution in [0, 0.1) is 17.8 Å². The molecule has 0 spiro atoms. The zero-order chi connectivity index (χ0) is 35.2. The molecule has 0 N–H and O–H groups in total. The second kappa shape index (κ2) is 10.2. The molecule has 5 heteroatoms. The van der Waals surface area contributed by atoms with Crippen LogP contribution in [-0.4, -0.2) is 13.5 Å². The fourth-order valence-electron chi connectivity index (χ4n) is 9.97. The third-order valence-corrected chi connectivity index (χ3v) is 12.1. The van der Waals surface area contributed by atoms with Crippen LogP contribution in [-0.2, 0) is 31.1 Å². The van der Waals surface area contributed by atoms with Gasteiger partial charge in [-0.05, 0) is 147 Å². The maximum absolute atomic E-state index is 6.22. The zero-order valence-electron chi connectivity index (χ0n) is 31.3. The molecule has 5 aliphatic rings. The molecule has 0 atom stereocenters. The summed E-state index contributed by atoms with van der Waals surface area (Å²) >= 11 is 0. The van der Waals surface area contributed by atoms with Crippen LogP contribution in [0.4, 0.5) is 34.1 Å². The van der Waals surface area contributed by atoms with E-state index < -0.39 is 0 Å². The summed E-state index contributed by atoms with van der Waals surface area (Å²) in [4.78, 5) is 5.07. The van der Waals surface area contributed by atoms with Crippen LogP contribution >= 0.6 is 0 Å².